The van der Waals surface area contributed by atoms with E-state index in [-0.39, 0.29) is 11.9 Å². The van der Waals surface area contributed by atoms with E-state index in [0.29, 0.717) is 22.8 Å². The van der Waals surface area contributed by atoms with E-state index < -0.39 is 0 Å². The van der Waals surface area contributed by atoms with Gasteiger partial charge >= 0.3 is 0 Å². The van der Waals surface area contributed by atoms with Gasteiger partial charge in [0.15, 0.2) is 5.82 Å². The average Bonchev–Trinajstić information content (AvgIpc) is 2.92. The predicted molar refractivity (Wildman–Crippen MR) is 75.1 cm³/mol. The zero-order chi connectivity index (χ0) is 14.7. The summed E-state index contributed by atoms with van der Waals surface area (Å²) < 4.78 is 0. The molecule has 1 unspecified atom stereocenters. The molecule has 0 saturated carbocycles. The molecule has 0 fully saturated rings. The third-order valence-electron chi connectivity index (χ3n) is 2.80. The first-order valence-corrected chi connectivity index (χ1v) is 6.10. The Morgan fingerprint density at radius 1 is 1.45 bits per heavy atom. The highest BCUT2D eigenvalue weighted by molar-refractivity contribution is 6.00. The van der Waals surface area contributed by atoms with Crippen LogP contribution >= 0.6 is 0 Å². The highest BCUT2D eigenvalue weighted by Crippen LogP contribution is 2.24. The Hall–Kier alpha value is -2.64. The molecule has 0 aliphatic rings. The number of carbonyl (C=O) groups is 1. The van der Waals surface area contributed by atoms with Crippen molar-refractivity contribution in [2.24, 2.45) is 0 Å². The maximum Gasteiger partial charge on any atom is 0.255 e. The Labute approximate surface area is 116 Å². The van der Waals surface area contributed by atoms with Crippen LogP contribution in [0.5, 0.6) is 0 Å². The number of carbonyl (C=O) groups excluding carboxylic acids is 1. The molecule has 20 heavy (non-hydrogen) atoms. The number of rotatable bonds is 4. The SMILES string of the molecule is CC(Nc1cc(N)ccc1C(=O)N(C)C)c1nn[nH]n1. The number of anilines is 2. The molecular formula is C12H17N7O. The van der Waals surface area contributed by atoms with Gasteiger partial charge in [-0.15, -0.1) is 10.2 Å². The molecule has 1 aromatic carbocycles. The molecule has 1 heterocycles. The minimum Gasteiger partial charge on any atom is -0.399 e. The predicted octanol–water partition coefficient (Wildman–Crippen LogP) is 0.657. The van der Waals surface area contributed by atoms with Crippen molar-refractivity contribution in [1.29, 1.82) is 0 Å². The Morgan fingerprint density at radius 2 is 2.20 bits per heavy atom. The van der Waals surface area contributed by atoms with Gasteiger partial charge in [0, 0.05) is 25.5 Å². The van der Waals surface area contributed by atoms with Crippen molar-refractivity contribution < 1.29 is 4.79 Å². The van der Waals surface area contributed by atoms with Gasteiger partial charge in [-0.25, -0.2) is 0 Å². The number of H-pyrrole nitrogens is 1. The number of aromatic nitrogens is 4. The number of hydrogen-bond donors (Lipinski definition) is 3. The molecule has 0 aliphatic heterocycles. The van der Waals surface area contributed by atoms with Crippen LogP contribution in [0, 0.1) is 0 Å². The van der Waals surface area contributed by atoms with Crippen LogP contribution in [0.25, 0.3) is 0 Å². The fraction of sp³-hybridized carbons (Fsp3) is 0.333. The number of amides is 1. The van der Waals surface area contributed by atoms with Crippen LogP contribution in [0.15, 0.2) is 18.2 Å². The lowest BCUT2D eigenvalue weighted by Crippen LogP contribution is -2.23. The molecular weight excluding hydrogens is 258 g/mol. The number of benzene rings is 1. The quantitative estimate of drug-likeness (QED) is 0.706. The van der Waals surface area contributed by atoms with Crippen LogP contribution in [0.4, 0.5) is 11.4 Å². The van der Waals surface area contributed by atoms with Crippen molar-refractivity contribution in [3.8, 4) is 0 Å². The van der Waals surface area contributed by atoms with Gasteiger partial charge in [-0.05, 0) is 25.1 Å². The number of nitrogens with two attached hydrogens (primary N) is 1. The molecule has 0 aliphatic carbocycles. The van der Waals surface area contributed by atoms with Gasteiger partial charge in [-0.1, -0.05) is 5.21 Å². The molecule has 2 rings (SSSR count). The second kappa shape index (κ2) is 5.55. The normalized spacial score (nSPS) is 11.9. The summed E-state index contributed by atoms with van der Waals surface area (Å²) in [5, 5.41) is 16.9. The molecule has 8 heteroatoms. The van der Waals surface area contributed by atoms with Crippen LogP contribution in [-0.4, -0.2) is 45.5 Å². The largest absolute Gasteiger partial charge is 0.399 e. The summed E-state index contributed by atoms with van der Waals surface area (Å²) in [6, 6.07) is 4.90. The molecule has 1 atom stereocenters. The minimum absolute atomic E-state index is 0.104. The van der Waals surface area contributed by atoms with E-state index in [0.717, 1.165) is 0 Å². The minimum atomic E-state index is -0.204. The highest BCUT2D eigenvalue weighted by Gasteiger charge is 2.17. The van der Waals surface area contributed by atoms with Crippen molar-refractivity contribution in [2.75, 3.05) is 25.1 Å². The number of nitrogen functional groups attached to an aromatic ring is 1. The molecule has 0 saturated heterocycles. The van der Waals surface area contributed by atoms with E-state index in [4.69, 9.17) is 5.73 Å². The molecule has 2 aromatic rings. The van der Waals surface area contributed by atoms with Gasteiger partial charge in [0.1, 0.15) is 0 Å². The van der Waals surface area contributed by atoms with Gasteiger partial charge in [-0.2, -0.15) is 5.21 Å². The number of hydrogen-bond acceptors (Lipinski definition) is 6. The molecule has 1 aromatic heterocycles. The zero-order valence-corrected chi connectivity index (χ0v) is 11.6. The second-order valence-corrected chi connectivity index (χ2v) is 4.64. The molecule has 4 N–H and O–H groups in total. The Kier molecular flexibility index (Phi) is 3.83. The third kappa shape index (κ3) is 2.85. The van der Waals surface area contributed by atoms with Gasteiger partial charge in [-0.3, -0.25) is 4.79 Å². The van der Waals surface area contributed by atoms with Crippen molar-refractivity contribution in [3.63, 3.8) is 0 Å². The summed E-state index contributed by atoms with van der Waals surface area (Å²) in [4.78, 5) is 13.6. The van der Waals surface area contributed by atoms with E-state index in [1.54, 1.807) is 32.3 Å². The van der Waals surface area contributed by atoms with E-state index in [1.807, 2.05) is 6.92 Å². The number of tetrazole rings is 1. The Balaban J connectivity index is 2.30. The monoisotopic (exact) mass is 275 g/mol. The maximum atomic E-state index is 12.1. The first-order valence-electron chi connectivity index (χ1n) is 6.10. The second-order valence-electron chi connectivity index (χ2n) is 4.64. The summed E-state index contributed by atoms with van der Waals surface area (Å²) >= 11 is 0. The highest BCUT2D eigenvalue weighted by atomic mass is 16.2. The standard InChI is InChI=1S/C12H17N7O/c1-7(11-15-17-18-16-11)14-10-6-8(13)4-5-9(10)12(20)19(2)3/h4-7,14H,13H2,1-3H3,(H,15,16,17,18). The van der Waals surface area contributed by atoms with Crippen molar-refractivity contribution in [3.05, 3.63) is 29.6 Å². The Bertz CT molecular complexity index is 594. The van der Waals surface area contributed by atoms with Gasteiger partial charge in [0.05, 0.1) is 11.6 Å². The lowest BCUT2D eigenvalue weighted by atomic mass is 10.1. The smallest absolute Gasteiger partial charge is 0.255 e. The van der Waals surface area contributed by atoms with Crippen molar-refractivity contribution in [1.82, 2.24) is 25.5 Å². The molecule has 0 radical (unpaired) electrons. The molecule has 8 nitrogen and oxygen atoms in total. The molecule has 0 spiro atoms. The summed E-state index contributed by atoms with van der Waals surface area (Å²) in [5.74, 6) is 0.406. The Morgan fingerprint density at radius 3 is 2.80 bits per heavy atom. The number of nitrogens with one attached hydrogen (secondary N) is 2. The summed E-state index contributed by atoms with van der Waals surface area (Å²) in [7, 11) is 3.40. The summed E-state index contributed by atoms with van der Waals surface area (Å²) in [5.41, 5.74) is 7.54. The first kappa shape index (κ1) is 13.8. The third-order valence-corrected chi connectivity index (χ3v) is 2.80. The lowest BCUT2D eigenvalue weighted by molar-refractivity contribution is 0.0828. The zero-order valence-electron chi connectivity index (χ0n) is 11.6. The number of aromatic amines is 1. The lowest BCUT2D eigenvalue weighted by Gasteiger charge is -2.18. The van der Waals surface area contributed by atoms with Gasteiger partial charge in [0.2, 0.25) is 0 Å². The van der Waals surface area contributed by atoms with Crippen molar-refractivity contribution >= 4 is 17.3 Å². The summed E-state index contributed by atoms with van der Waals surface area (Å²) in [6.07, 6.45) is 0. The van der Waals surface area contributed by atoms with Crippen LogP contribution < -0.4 is 11.1 Å². The van der Waals surface area contributed by atoms with Gasteiger partial charge < -0.3 is 16.0 Å². The number of nitrogens with zero attached hydrogens (tertiary/aromatic N) is 4. The van der Waals surface area contributed by atoms with E-state index in [2.05, 4.69) is 25.9 Å². The van der Waals surface area contributed by atoms with Gasteiger partial charge in [0.25, 0.3) is 5.91 Å². The fourth-order valence-corrected chi connectivity index (χ4v) is 1.76. The fourth-order valence-electron chi connectivity index (χ4n) is 1.76. The van der Waals surface area contributed by atoms with E-state index in [1.165, 1.54) is 4.90 Å². The van der Waals surface area contributed by atoms with Crippen LogP contribution in [0.2, 0.25) is 0 Å². The van der Waals surface area contributed by atoms with Crippen LogP contribution in [-0.2, 0) is 0 Å². The maximum absolute atomic E-state index is 12.1. The van der Waals surface area contributed by atoms with Crippen LogP contribution in [0.1, 0.15) is 29.1 Å². The topological polar surface area (TPSA) is 113 Å². The van der Waals surface area contributed by atoms with E-state index >= 15 is 0 Å². The average molecular weight is 275 g/mol. The molecule has 1 amide bonds. The molecule has 0 bridgehead atoms. The van der Waals surface area contributed by atoms with Crippen LogP contribution in [0.3, 0.4) is 0 Å². The molecule has 106 valence electrons. The first-order chi connectivity index (χ1) is 9.49. The summed E-state index contributed by atoms with van der Waals surface area (Å²) in [6.45, 7) is 1.87. The van der Waals surface area contributed by atoms with Crippen molar-refractivity contribution in [2.45, 2.75) is 13.0 Å². The van der Waals surface area contributed by atoms with E-state index in [9.17, 15) is 4.79 Å².